The highest BCUT2D eigenvalue weighted by atomic mass is 35.5. The molecule has 0 amide bonds. The predicted octanol–water partition coefficient (Wildman–Crippen LogP) is 1.47. The zero-order chi connectivity index (χ0) is 12.7. The second kappa shape index (κ2) is 10.6. The molecule has 0 unspecified atom stereocenters. The van der Waals surface area contributed by atoms with Gasteiger partial charge in [0.15, 0.2) is 0 Å². The quantitative estimate of drug-likeness (QED) is 0.422. The molecule has 19 heavy (non-hydrogen) atoms. The summed E-state index contributed by atoms with van der Waals surface area (Å²) < 4.78 is 4.78. The minimum absolute atomic E-state index is 0. The Morgan fingerprint density at radius 2 is 1.89 bits per heavy atom. The summed E-state index contributed by atoms with van der Waals surface area (Å²) in [4.78, 5) is 11.0. The van der Waals surface area contributed by atoms with E-state index in [9.17, 15) is 4.79 Å². The number of benzene rings is 1. The van der Waals surface area contributed by atoms with E-state index in [4.69, 9.17) is 15.9 Å². The Morgan fingerprint density at radius 1 is 1.32 bits per heavy atom. The molecule has 0 aliphatic heterocycles. The zero-order valence-electron chi connectivity index (χ0n) is 10.6. The van der Waals surface area contributed by atoms with E-state index in [1.54, 1.807) is 19.1 Å². The molecule has 0 aliphatic carbocycles. The molecule has 0 fully saturated rings. The summed E-state index contributed by atoms with van der Waals surface area (Å²) in [5, 5.41) is 10.2. The van der Waals surface area contributed by atoms with Crippen molar-refractivity contribution in [3.8, 4) is 0 Å². The molecule has 0 saturated heterocycles. The normalized spacial score (nSPS) is 8.89. The molecule has 5 nitrogen and oxygen atoms in total. The van der Waals surface area contributed by atoms with Gasteiger partial charge >= 0.3 is 5.97 Å². The largest absolute Gasteiger partial charge is 0.465 e. The second-order valence-corrected chi connectivity index (χ2v) is 3.52. The molecule has 0 heterocycles. The standard InChI is InChI=1S/C12H17N3O2.2ClH/c1-2-17-11(16)8-15-7-9-3-5-10(6-4-9)12(13)14;;/h3-6,15H,2,7-8H2,1H3,(H3,13,14);2*1H. The Balaban J connectivity index is 0. The topological polar surface area (TPSA) is 88.2 Å². The highest BCUT2D eigenvalue weighted by Gasteiger charge is 2.01. The van der Waals surface area contributed by atoms with E-state index in [0.29, 0.717) is 18.7 Å². The van der Waals surface area contributed by atoms with Gasteiger partial charge in [0.1, 0.15) is 5.84 Å². The van der Waals surface area contributed by atoms with Gasteiger partial charge in [0.25, 0.3) is 0 Å². The van der Waals surface area contributed by atoms with Crippen LogP contribution in [-0.2, 0) is 16.1 Å². The summed E-state index contributed by atoms with van der Waals surface area (Å²) in [6, 6.07) is 7.30. The number of carbonyl (C=O) groups is 1. The van der Waals surface area contributed by atoms with E-state index < -0.39 is 0 Å². The lowest BCUT2D eigenvalue weighted by atomic mass is 10.1. The Kier molecular flexibility index (Phi) is 11.2. The molecule has 4 N–H and O–H groups in total. The first-order valence-electron chi connectivity index (χ1n) is 5.43. The third kappa shape index (κ3) is 7.66. The first kappa shape index (κ1) is 20.0. The van der Waals surface area contributed by atoms with Crippen molar-refractivity contribution in [2.75, 3.05) is 13.2 Å². The van der Waals surface area contributed by atoms with E-state index >= 15 is 0 Å². The maximum atomic E-state index is 11.0. The molecule has 0 saturated carbocycles. The molecular formula is C12H19Cl2N3O2. The second-order valence-electron chi connectivity index (χ2n) is 3.52. The average Bonchev–Trinajstić information content (AvgIpc) is 2.30. The summed E-state index contributed by atoms with van der Waals surface area (Å²) in [5.74, 6) is -0.205. The lowest BCUT2D eigenvalue weighted by Gasteiger charge is -2.05. The maximum Gasteiger partial charge on any atom is 0.319 e. The number of esters is 1. The van der Waals surface area contributed by atoms with Crippen molar-refractivity contribution < 1.29 is 9.53 Å². The van der Waals surface area contributed by atoms with Crippen molar-refractivity contribution in [1.29, 1.82) is 5.41 Å². The third-order valence-corrected chi connectivity index (χ3v) is 2.17. The van der Waals surface area contributed by atoms with E-state index in [2.05, 4.69) is 5.32 Å². The average molecular weight is 308 g/mol. The predicted molar refractivity (Wildman–Crippen MR) is 80.3 cm³/mol. The fourth-order valence-corrected chi connectivity index (χ4v) is 1.32. The van der Waals surface area contributed by atoms with Gasteiger partial charge in [0.05, 0.1) is 13.2 Å². The maximum absolute atomic E-state index is 11.0. The van der Waals surface area contributed by atoms with Crippen LogP contribution in [-0.4, -0.2) is 25.0 Å². The molecule has 0 aromatic heterocycles. The number of nitrogens with two attached hydrogens (primary N) is 1. The number of nitrogen functional groups attached to an aromatic ring is 1. The highest BCUT2D eigenvalue weighted by Crippen LogP contribution is 2.03. The van der Waals surface area contributed by atoms with Crippen molar-refractivity contribution >= 4 is 36.6 Å². The highest BCUT2D eigenvalue weighted by molar-refractivity contribution is 5.94. The van der Waals surface area contributed by atoms with Crippen molar-refractivity contribution in [1.82, 2.24) is 5.32 Å². The number of ether oxygens (including phenoxy) is 1. The lowest BCUT2D eigenvalue weighted by molar-refractivity contribution is -0.142. The molecule has 1 aromatic rings. The van der Waals surface area contributed by atoms with Gasteiger partial charge < -0.3 is 15.8 Å². The van der Waals surface area contributed by atoms with Crippen LogP contribution in [0.5, 0.6) is 0 Å². The van der Waals surface area contributed by atoms with Gasteiger partial charge in [0, 0.05) is 12.1 Å². The number of rotatable bonds is 6. The fourth-order valence-electron chi connectivity index (χ4n) is 1.32. The van der Waals surface area contributed by atoms with Crippen LogP contribution in [0, 0.1) is 5.41 Å². The van der Waals surface area contributed by atoms with Crippen LogP contribution in [0.3, 0.4) is 0 Å². The fraction of sp³-hybridized carbons (Fsp3) is 0.333. The van der Waals surface area contributed by atoms with E-state index in [1.807, 2.05) is 12.1 Å². The first-order chi connectivity index (χ1) is 8.13. The zero-order valence-corrected chi connectivity index (χ0v) is 12.3. The van der Waals surface area contributed by atoms with Crippen LogP contribution in [0.4, 0.5) is 0 Å². The number of halogens is 2. The lowest BCUT2D eigenvalue weighted by Crippen LogP contribution is -2.24. The van der Waals surface area contributed by atoms with Crippen LogP contribution in [0.15, 0.2) is 24.3 Å². The van der Waals surface area contributed by atoms with Crippen LogP contribution in [0.1, 0.15) is 18.1 Å². The number of amidine groups is 1. The monoisotopic (exact) mass is 307 g/mol. The van der Waals surface area contributed by atoms with Gasteiger partial charge in [-0.1, -0.05) is 24.3 Å². The first-order valence-corrected chi connectivity index (χ1v) is 5.43. The van der Waals surface area contributed by atoms with Crippen molar-refractivity contribution in [2.45, 2.75) is 13.5 Å². The molecule has 108 valence electrons. The Morgan fingerprint density at radius 3 is 2.37 bits per heavy atom. The third-order valence-electron chi connectivity index (χ3n) is 2.17. The van der Waals surface area contributed by atoms with E-state index in [0.717, 1.165) is 5.56 Å². The summed E-state index contributed by atoms with van der Waals surface area (Å²) in [7, 11) is 0. The molecule has 0 aliphatic rings. The van der Waals surface area contributed by atoms with Gasteiger partial charge in [0.2, 0.25) is 0 Å². The molecule has 0 atom stereocenters. The Hall–Kier alpha value is -1.30. The Labute approximate surface area is 125 Å². The van der Waals surface area contributed by atoms with Crippen molar-refractivity contribution in [2.24, 2.45) is 5.73 Å². The van der Waals surface area contributed by atoms with E-state index in [1.165, 1.54) is 0 Å². The van der Waals surface area contributed by atoms with Gasteiger partial charge in [-0.3, -0.25) is 10.2 Å². The van der Waals surface area contributed by atoms with Crippen LogP contribution >= 0.6 is 24.8 Å². The molecule has 7 heteroatoms. The summed E-state index contributed by atoms with van der Waals surface area (Å²) in [6.07, 6.45) is 0. The van der Waals surface area contributed by atoms with Crippen LogP contribution in [0.2, 0.25) is 0 Å². The summed E-state index contributed by atoms with van der Waals surface area (Å²) in [6.45, 7) is 2.95. The molecule has 0 bridgehead atoms. The minimum Gasteiger partial charge on any atom is -0.465 e. The number of hydrogen-bond donors (Lipinski definition) is 3. The van der Waals surface area contributed by atoms with Gasteiger partial charge in [-0.25, -0.2) is 0 Å². The SMILES string of the molecule is CCOC(=O)CNCc1ccc(C(=N)N)cc1.Cl.Cl. The van der Waals surface area contributed by atoms with Crippen molar-refractivity contribution in [3.05, 3.63) is 35.4 Å². The van der Waals surface area contributed by atoms with Crippen molar-refractivity contribution in [3.63, 3.8) is 0 Å². The number of nitrogens with one attached hydrogen (secondary N) is 2. The molecule has 0 spiro atoms. The molecule has 0 radical (unpaired) electrons. The van der Waals surface area contributed by atoms with Gasteiger partial charge in [-0.15, -0.1) is 24.8 Å². The minimum atomic E-state index is -0.257. The van der Waals surface area contributed by atoms with Gasteiger partial charge in [-0.05, 0) is 12.5 Å². The molecule has 1 aromatic carbocycles. The summed E-state index contributed by atoms with van der Waals surface area (Å²) >= 11 is 0. The Bertz CT molecular complexity index is 396. The number of carbonyl (C=O) groups excluding carboxylic acids is 1. The van der Waals surface area contributed by atoms with Crippen LogP contribution in [0.25, 0.3) is 0 Å². The van der Waals surface area contributed by atoms with Crippen LogP contribution < -0.4 is 11.1 Å². The number of hydrogen-bond acceptors (Lipinski definition) is 4. The molecular weight excluding hydrogens is 289 g/mol. The smallest absolute Gasteiger partial charge is 0.319 e. The molecule has 1 rings (SSSR count). The summed E-state index contributed by atoms with van der Waals surface area (Å²) in [5.41, 5.74) is 7.06. The van der Waals surface area contributed by atoms with Gasteiger partial charge in [-0.2, -0.15) is 0 Å². The van der Waals surface area contributed by atoms with E-state index in [-0.39, 0.29) is 43.2 Å².